The number of alkyl halides is 3. The Bertz CT molecular complexity index is 1670. The van der Waals surface area contributed by atoms with Gasteiger partial charge in [0, 0.05) is 40.2 Å². The number of aromatic nitrogens is 4. The third kappa shape index (κ3) is 6.06. The number of ether oxygens (including phenoxy) is 2. The van der Waals surface area contributed by atoms with E-state index in [1.807, 2.05) is 19.1 Å². The molecule has 3 heterocycles. The van der Waals surface area contributed by atoms with Crippen molar-refractivity contribution in [3.8, 4) is 22.8 Å². The highest BCUT2D eigenvalue weighted by Gasteiger charge is 2.31. The van der Waals surface area contributed by atoms with Gasteiger partial charge in [-0.15, -0.1) is 13.2 Å². The van der Waals surface area contributed by atoms with Gasteiger partial charge in [-0.1, -0.05) is 6.07 Å². The Morgan fingerprint density at radius 1 is 1.00 bits per heavy atom. The number of nitrogens with zero attached hydrogens (tertiary/aromatic N) is 3. The second-order valence-electron chi connectivity index (χ2n) is 8.47. The molecule has 0 fully saturated rings. The summed E-state index contributed by atoms with van der Waals surface area (Å²) in [5.41, 5.74) is 4.10. The average molecular weight is 534 g/mol. The van der Waals surface area contributed by atoms with E-state index in [4.69, 9.17) is 4.74 Å². The Morgan fingerprint density at radius 3 is 2.64 bits per heavy atom. The van der Waals surface area contributed by atoms with Crippen molar-refractivity contribution in [3.63, 3.8) is 0 Å². The van der Waals surface area contributed by atoms with Gasteiger partial charge in [-0.25, -0.2) is 9.97 Å². The van der Waals surface area contributed by atoms with E-state index in [9.17, 15) is 18.0 Å². The number of carbonyl (C=O) groups excluding carboxylic acids is 1. The van der Waals surface area contributed by atoms with E-state index < -0.39 is 12.3 Å². The molecule has 0 saturated carbocycles. The molecule has 2 aromatic carbocycles. The van der Waals surface area contributed by atoms with Crippen molar-refractivity contribution in [3.05, 3.63) is 84.4 Å². The maximum Gasteiger partial charge on any atom is 0.573 e. The van der Waals surface area contributed by atoms with Crippen LogP contribution in [0.2, 0.25) is 0 Å². The van der Waals surface area contributed by atoms with Gasteiger partial charge >= 0.3 is 6.36 Å². The Hall–Kier alpha value is -5.13. The largest absolute Gasteiger partial charge is 0.573 e. The summed E-state index contributed by atoms with van der Waals surface area (Å²) in [6.07, 6.45) is 0.0822. The predicted octanol–water partition coefficient (Wildman–Crippen LogP) is 6.23. The molecule has 5 aromatic rings. The smallest absolute Gasteiger partial charge is 0.495 e. The summed E-state index contributed by atoms with van der Waals surface area (Å²) in [5, 5.41) is 6.36. The fraction of sp³-hybridized carbons (Fsp3) is 0.111. The lowest BCUT2D eigenvalue weighted by Gasteiger charge is -2.12. The molecule has 9 nitrogen and oxygen atoms in total. The van der Waals surface area contributed by atoms with Crippen molar-refractivity contribution in [2.45, 2.75) is 13.3 Å². The molecular weight excluding hydrogens is 513 g/mol. The van der Waals surface area contributed by atoms with Gasteiger partial charge in [0.2, 0.25) is 5.95 Å². The topological polar surface area (TPSA) is 114 Å². The molecule has 0 aliphatic rings. The number of hydrogen-bond acceptors (Lipinski definition) is 7. The van der Waals surface area contributed by atoms with Crippen LogP contribution < -0.4 is 20.1 Å². The number of benzene rings is 2. The summed E-state index contributed by atoms with van der Waals surface area (Å²) in [4.78, 5) is 28.8. The van der Waals surface area contributed by atoms with Crippen LogP contribution in [0.3, 0.4) is 0 Å². The van der Waals surface area contributed by atoms with Gasteiger partial charge in [-0.05, 0) is 61.0 Å². The molecule has 0 saturated heterocycles. The van der Waals surface area contributed by atoms with E-state index in [1.165, 1.54) is 24.3 Å². The summed E-state index contributed by atoms with van der Waals surface area (Å²) in [6.45, 7) is 1.89. The lowest BCUT2D eigenvalue weighted by Crippen LogP contribution is -2.16. The zero-order valence-corrected chi connectivity index (χ0v) is 20.6. The summed E-state index contributed by atoms with van der Waals surface area (Å²) in [7, 11) is 1.56. The number of rotatable bonds is 7. The number of aromatic amines is 1. The fourth-order valence-electron chi connectivity index (χ4n) is 3.83. The van der Waals surface area contributed by atoms with Crippen LogP contribution in [0, 0.1) is 6.92 Å². The first-order chi connectivity index (χ1) is 18.7. The average Bonchev–Trinajstić information content (AvgIpc) is 3.33. The molecule has 0 unspecified atom stereocenters. The van der Waals surface area contributed by atoms with Crippen LogP contribution in [0.25, 0.3) is 22.2 Å². The lowest BCUT2D eigenvalue weighted by atomic mass is 10.1. The first-order valence-electron chi connectivity index (χ1n) is 11.6. The van der Waals surface area contributed by atoms with Gasteiger partial charge in [0.1, 0.15) is 17.2 Å². The van der Waals surface area contributed by atoms with Crippen LogP contribution in [0.4, 0.5) is 30.5 Å². The molecule has 5 rings (SSSR count). The lowest BCUT2D eigenvalue weighted by molar-refractivity contribution is -0.274. The number of halogens is 3. The van der Waals surface area contributed by atoms with E-state index in [2.05, 4.69) is 35.3 Å². The molecule has 0 bridgehead atoms. The fourth-order valence-corrected chi connectivity index (χ4v) is 3.83. The second-order valence-corrected chi connectivity index (χ2v) is 8.47. The maximum absolute atomic E-state index is 12.9. The number of carbonyl (C=O) groups is 1. The second kappa shape index (κ2) is 10.3. The molecule has 12 heteroatoms. The predicted molar refractivity (Wildman–Crippen MR) is 139 cm³/mol. The number of fused-ring (bicyclic) bond motifs is 1. The minimum Gasteiger partial charge on any atom is -0.495 e. The Labute approximate surface area is 220 Å². The van der Waals surface area contributed by atoms with Crippen molar-refractivity contribution >= 4 is 34.1 Å². The zero-order valence-electron chi connectivity index (χ0n) is 20.6. The highest BCUT2D eigenvalue weighted by Crippen LogP contribution is 2.28. The molecular formula is C27H21F3N6O3. The van der Waals surface area contributed by atoms with Crippen molar-refractivity contribution in [2.75, 3.05) is 17.7 Å². The summed E-state index contributed by atoms with van der Waals surface area (Å²) in [5.74, 6) is 0.103. The van der Waals surface area contributed by atoms with Gasteiger partial charge < -0.3 is 25.1 Å². The van der Waals surface area contributed by atoms with Crippen LogP contribution in [0.15, 0.2) is 73.2 Å². The zero-order chi connectivity index (χ0) is 27.6. The van der Waals surface area contributed by atoms with E-state index in [-0.39, 0.29) is 11.4 Å². The number of anilines is 3. The summed E-state index contributed by atoms with van der Waals surface area (Å²) < 4.78 is 46.8. The van der Waals surface area contributed by atoms with Crippen LogP contribution in [-0.2, 0) is 0 Å². The quantitative estimate of drug-likeness (QED) is 0.227. The van der Waals surface area contributed by atoms with Crippen molar-refractivity contribution < 1.29 is 27.4 Å². The Kier molecular flexibility index (Phi) is 6.75. The molecule has 0 aliphatic heterocycles. The standard InChI is InChI=1S/C27H21F3N6O3/c1-15-3-4-18(33-25(37)24-11-16-9-19(39-27(28,29)30)5-6-21(16)34-24)12-23(15)36-26-32-8-7-22(35-26)17-10-20(38-2)14-31-13-17/h3-14,34H,1-2H3,(H,33,37)(H,32,35,36). The molecule has 1 amide bonds. The van der Waals surface area contributed by atoms with Crippen LogP contribution >= 0.6 is 0 Å². The maximum atomic E-state index is 12.9. The molecule has 0 spiro atoms. The number of amides is 1. The van der Waals surface area contributed by atoms with Gasteiger partial charge in [-0.2, -0.15) is 0 Å². The molecule has 0 radical (unpaired) electrons. The highest BCUT2D eigenvalue weighted by molar-refractivity contribution is 6.06. The van der Waals surface area contributed by atoms with Crippen molar-refractivity contribution in [1.82, 2.24) is 19.9 Å². The molecule has 3 aromatic heterocycles. The normalized spacial score (nSPS) is 11.3. The molecule has 3 N–H and O–H groups in total. The SMILES string of the molecule is COc1cncc(-c2ccnc(Nc3cc(NC(=O)c4cc5cc(OC(F)(F)F)ccc5[nH]4)ccc3C)n2)c1. The van der Waals surface area contributed by atoms with E-state index >= 15 is 0 Å². The number of H-pyrrole nitrogens is 1. The Morgan fingerprint density at radius 2 is 1.85 bits per heavy atom. The van der Waals surface area contributed by atoms with Gasteiger partial charge in [0.05, 0.1) is 19.0 Å². The highest BCUT2D eigenvalue weighted by atomic mass is 19.4. The first-order valence-corrected chi connectivity index (χ1v) is 11.6. The van der Waals surface area contributed by atoms with Gasteiger partial charge in [-0.3, -0.25) is 9.78 Å². The third-order valence-corrected chi connectivity index (χ3v) is 5.71. The van der Waals surface area contributed by atoms with Crippen LogP contribution in [-0.4, -0.2) is 39.3 Å². The van der Waals surface area contributed by atoms with E-state index in [1.54, 1.807) is 43.9 Å². The number of hydrogen-bond donors (Lipinski definition) is 3. The monoisotopic (exact) mass is 534 g/mol. The van der Waals surface area contributed by atoms with Crippen molar-refractivity contribution in [2.24, 2.45) is 0 Å². The molecule has 0 aliphatic carbocycles. The molecule has 0 atom stereocenters. The number of aryl methyl sites for hydroxylation is 1. The van der Waals surface area contributed by atoms with Crippen LogP contribution in [0.1, 0.15) is 16.1 Å². The van der Waals surface area contributed by atoms with Gasteiger partial charge in [0.25, 0.3) is 5.91 Å². The molecule has 198 valence electrons. The number of nitrogens with one attached hydrogen (secondary N) is 3. The molecule has 39 heavy (non-hydrogen) atoms. The summed E-state index contributed by atoms with van der Waals surface area (Å²) >= 11 is 0. The number of methoxy groups -OCH3 is 1. The van der Waals surface area contributed by atoms with Crippen LogP contribution in [0.5, 0.6) is 11.5 Å². The van der Waals surface area contributed by atoms with Crippen molar-refractivity contribution in [1.29, 1.82) is 0 Å². The van der Waals surface area contributed by atoms with Gasteiger partial charge in [0.15, 0.2) is 0 Å². The minimum absolute atomic E-state index is 0.173. The summed E-state index contributed by atoms with van der Waals surface area (Å²) in [6, 6.07) is 14.1. The third-order valence-electron chi connectivity index (χ3n) is 5.71. The van der Waals surface area contributed by atoms with E-state index in [0.29, 0.717) is 39.7 Å². The minimum atomic E-state index is -4.81. The number of pyridine rings is 1. The van der Waals surface area contributed by atoms with E-state index in [0.717, 1.165) is 11.1 Å². The first kappa shape index (κ1) is 25.5. The Balaban J connectivity index is 1.33.